The lowest BCUT2D eigenvalue weighted by molar-refractivity contribution is -0.131. The minimum absolute atomic E-state index is 0.289. The third-order valence-electron chi connectivity index (χ3n) is 5.04. The van der Waals surface area contributed by atoms with Crippen molar-refractivity contribution in [3.05, 3.63) is 70.5 Å². The Morgan fingerprint density at radius 2 is 1.78 bits per heavy atom. The molecule has 1 N–H and O–H groups in total. The van der Waals surface area contributed by atoms with E-state index in [0.29, 0.717) is 11.1 Å². The molecule has 1 saturated heterocycles. The van der Waals surface area contributed by atoms with Crippen molar-refractivity contribution in [2.24, 2.45) is 0 Å². The Morgan fingerprint density at radius 1 is 1.11 bits per heavy atom. The molecule has 5 nitrogen and oxygen atoms in total. The van der Waals surface area contributed by atoms with Gasteiger partial charge in [0.15, 0.2) is 5.78 Å². The number of Topliss-reactive ketones (excluding diaryl/α,β-unsaturated/α-hetero) is 1. The zero-order valence-electron chi connectivity index (χ0n) is 15.5. The fraction of sp³-hybridized carbons (Fsp3) is 0.286. The first-order chi connectivity index (χ1) is 12.8. The van der Waals surface area contributed by atoms with Gasteiger partial charge in [-0.25, -0.2) is 9.18 Å². The number of carbonyl (C=O) groups is 3. The van der Waals surface area contributed by atoms with Gasteiger partial charge in [0, 0.05) is 5.56 Å². The zero-order chi connectivity index (χ0) is 19.8. The average molecular weight is 368 g/mol. The molecule has 1 atom stereocenters. The molecule has 6 heteroatoms. The van der Waals surface area contributed by atoms with E-state index in [-0.39, 0.29) is 18.7 Å². The maximum atomic E-state index is 13.3. The number of carbonyl (C=O) groups excluding carboxylic acids is 3. The maximum absolute atomic E-state index is 13.3. The van der Waals surface area contributed by atoms with Crippen molar-refractivity contribution in [1.82, 2.24) is 10.2 Å². The largest absolute Gasteiger partial charge is 0.325 e. The molecular formula is C21H21FN2O3. The zero-order valence-corrected chi connectivity index (χ0v) is 15.5. The molecule has 0 spiro atoms. The number of urea groups is 1. The van der Waals surface area contributed by atoms with Gasteiger partial charge in [-0.3, -0.25) is 14.5 Å². The number of ketones is 1. The molecule has 1 fully saturated rings. The Kier molecular flexibility index (Phi) is 4.83. The highest BCUT2D eigenvalue weighted by Gasteiger charge is 2.51. The molecule has 0 aliphatic carbocycles. The molecule has 3 amide bonds. The van der Waals surface area contributed by atoms with Crippen LogP contribution in [0.4, 0.5) is 9.18 Å². The van der Waals surface area contributed by atoms with E-state index in [9.17, 15) is 18.8 Å². The molecule has 0 bridgehead atoms. The smallest absolute Gasteiger partial charge is 0.319 e. The topological polar surface area (TPSA) is 66.5 Å². The highest BCUT2D eigenvalue weighted by Crippen LogP contribution is 2.32. The summed E-state index contributed by atoms with van der Waals surface area (Å²) in [6.45, 7) is 5.11. The lowest BCUT2D eigenvalue weighted by Crippen LogP contribution is -2.43. The summed E-state index contributed by atoms with van der Waals surface area (Å²) in [6, 6.07) is 10.3. The predicted molar refractivity (Wildman–Crippen MR) is 98.9 cm³/mol. The summed E-state index contributed by atoms with van der Waals surface area (Å²) in [7, 11) is 0. The quantitative estimate of drug-likeness (QED) is 0.649. The van der Waals surface area contributed by atoms with Crippen LogP contribution in [0.5, 0.6) is 0 Å². The van der Waals surface area contributed by atoms with Gasteiger partial charge in [0.05, 0.1) is 6.54 Å². The molecule has 1 heterocycles. The minimum Gasteiger partial charge on any atom is -0.319 e. The fourth-order valence-electron chi connectivity index (χ4n) is 3.41. The van der Waals surface area contributed by atoms with Crippen molar-refractivity contribution in [3.8, 4) is 0 Å². The molecule has 0 saturated carbocycles. The fourth-order valence-corrected chi connectivity index (χ4v) is 3.41. The van der Waals surface area contributed by atoms with E-state index >= 15 is 0 Å². The summed E-state index contributed by atoms with van der Waals surface area (Å²) < 4.78 is 13.3. The molecule has 1 unspecified atom stereocenters. The number of halogens is 1. The van der Waals surface area contributed by atoms with Gasteiger partial charge < -0.3 is 5.32 Å². The number of benzene rings is 2. The highest BCUT2D eigenvalue weighted by molar-refractivity contribution is 6.11. The molecule has 1 aliphatic rings. The molecule has 2 aromatic rings. The first-order valence-electron chi connectivity index (χ1n) is 8.79. The van der Waals surface area contributed by atoms with Gasteiger partial charge in [0.25, 0.3) is 5.91 Å². The van der Waals surface area contributed by atoms with Gasteiger partial charge in [-0.1, -0.05) is 36.8 Å². The second-order valence-corrected chi connectivity index (χ2v) is 6.83. The van der Waals surface area contributed by atoms with Crippen molar-refractivity contribution in [1.29, 1.82) is 0 Å². The normalized spacial score (nSPS) is 19.3. The van der Waals surface area contributed by atoms with E-state index in [4.69, 9.17) is 0 Å². The van der Waals surface area contributed by atoms with Crippen molar-refractivity contribution >= 4 is 17.7 Å². The van der Waals surface area contributed by atoms with Crippen LogP contribution >= 0.6 is 0 Å². The molecule has 0 radical (unpaired) electrons. The number of hydrogen-bond donors (Lipinski definition) is 1. The van der Waals surface area contributed by atoms with Gasteiger partial charge in [-0.05, 0) is 49.6 Å². The summed E-state index contributed by atoms with van der Waals surface area (Å²) in [5.41, 5.74) is 1.42. The molecule has 1 aliphatic heterocycles. The number of hydrogen-bond acceptors (Lipinski definition) is 3. The van der Waals surface area contributed by atoms with Crippen LogP contribution in [0.3, 0.4) is 0 Å². The summed E-state index contributed by atoms with van der Waals surface area (Å²) in [5.74, 6) is -1.23. The van der Waals surface area contributed by atoms with Gasteiger partial charge >= 0.3 is 6.03 Å². The Balaban J connectivity index is 1.90. The number of imide groups is 1. The number of aryl methyl sites for hydroxylation is 2. The summed E-state index contributed by atoms with van der Waals surface area (Å²) >= 11 is 0. The first kappa shape index (κ1) is 18.8. The molecule has 27 heavy (non-hydrogen) atoms. The Labute approximate surface area is 157 Å². The monoisotopic (exact) mass is 368 g/mol. The van der Waals surface area contributed by atoms with Crippen molar-refractivity contribution in [2.45, 2.75) is 32.7 Å². The second-order valence-electron chi connectivity index (χ2n) is 6.83. The third-order valence-corrected chi connectivity index (χ3v) is 5.04. The lowest BCUT2D eigenvalue weighted by Gasteiger charge is -2.25. The van der Waals surface area contributed by atoms with Gasteiger partial charge in [0.1, 0.15) is 11.4 Å². The van der Waals surface area contributed by atoms with E-state index in [2.05, 4.69) is 5.32 Å². The minimum atomic E-state index is -1.29. The van der Waals surface area contributed by atoms with Gasteiger partial charge in [0.2, 0.25) is 0 Å². The van der Waals surface area contributed by atoms with Crippen LogP contribution in [0.25, 0.3) is 0 Å². The second kappa shape index (κ2) is 6.95. The standard InChI is InChI=1S/C21H21FN2O3/c1-4-21(15-7-9-16(22)10-8-15)19(26)24(20(27)23-21)12-18(25)17-11-13(2)5-6-14(17)3/h5-11H,4,12H2,1-3H3,(H,23,27). The van der Waals surface area contributed by atoms with Gasteiger partial charge in [-0.15, -0.1) is 0 Å². The number of rotatable bonds is 5. The van der Waals surface area contributed by atoms with Crippen molar-refractivity contribution in [3.63, 3.8) is 0 Å². The van der Waals surface area contributed by atoms with E-state index < -0.39 is 23.3 Å². The molecule has 2 aromatic carbocycles. The van der Waals surface area contributed by atoms with E-state index in [1.165, 1.54) is 24.3 Å². The van der Waals surface area contributed by atoms with E-state index in [0.717, 1.165) is 16.0 Å². The Hall–Kier alpha value is -3.02. The number of nitrogens with zero attached hydrogens (tertiary/aromatic N) is 1. The van der Waals surface area contributed by atoms with Crippen LogP contribution in [-0.2, 0) is 10.3 Å². The Morgan fingerprint density at radius 3 is 2.41 bits per heavy atom. The predicted octanol–water partition coefficient (Wildman–Crippen LogP) is 3.48. The van der Waals surface area contributed by atoms with E-state index in [1.54, 1.807) is 13.0 Å². The highest BCUT2D eigenvalue weighted by atomic mass is 19.1. The number of amides is 3. The summed E-state index contributed by atoms with van der Waals surface area (Å²) in [5, 5.41) is 2.70. The van der Waals surface area contributed by atoms with Gasteiger partial charge in [-0.2, -0.15) is 0 Å². The van der Waals surface area contributed by atoms with Crippen molar-refractivity contribution < 1.29 is 18.8 Å². The Bertz CT molecular complexity index is 924. The summed E-state index contributed by atoms with van der Waals surface area (Å²) in [6.07, 6.45) is 0.289. The summed E-state index contributed by atoms with van der Waals surface area (Å²) in [4.78, 5) is 39.2. The molecule has 3 rings (SSSR count). The molecule has 0 aromatic heterocycles. The third kappa shape index (κ3) is 3.23. The van der Waals surface area contributed by atoms with Crippen LogP contribution in [0.2, 0.25) is 0 Å². The van der Waals surface area contributed by atoms with Crippen LogP contribution < -0.4 is 5.32 Å². The molecule has 140 valence electrons. The number of nitrogens with one attached hydrogen (secondary N) is 1. The van der Waals surface area contributed by atoms with E-state index in [1.807, 2.05) is 26.0 Å². The van der Waals surface area contributed by atoms with Crippen LogP contribution in [-0.4, -0.2) is 29.2 Å². The molecular weight excluding hydrogens is 347 g/mol. The van der Waals surface area contributed by atoms with Crippen molar-refractivity contribution in [2.75, 3.05) is 6.54 Å². The lowest BCUT2D eigenvalue weighted by atomic mass is 9.87. The SMILES string of the molecule is CCC1(c2ccc(F)cc2)NC(=O)N(CC(=O)c2cc(C)ccc2C)C1=O. The first-order valence-corrected chi connectivity index (χ1v) is 8.79. The van der Waals surface area contributed by atoms with Crippen LogP contribution in [0.1, 0.15) is 40.4 Å². The average Bonchev–Trinajstić information content (AvgIpc) is 2.89. The maximum Gasteiger partial charge on any atom is 0.325 e. The van der Waals surface area contributed by atoms with Crippen LogP contribution in [0, 0.1) is 19.7 Å². The van der Waals surface area contributed by atoms with Crippen LogP contribution in [0.15, 0.2) is 42.5 Å².